The molecule has 2 N–H and O–H groups in total. The van der Waals surface area contributed by atoms with E-state index in [0.717, 1.165) is 12.8 Å². The number of carbonyl (C=O) groups excluding carboxylic acids is 2. The molecule has 3 fully saturated rings. The molecule has 1 unspecified atom stereocenters. The molecule has 1 atom stereocenters. The van der Waals surface area contributed by atoms with Gasteiger partial charge in [0.15, 0.2) is 0 Å². The third kappa shape index (κ3) is 2.69. The highest BCUT2D eigenvalue weighted by atomic mass is 16.4. The van der Waals surface area contributed by atoms with Crippen molar-refractivity contribution in [1.82, 2.24) is 19.8 Å². The van der Waals surface area contributed by atoms with E-state index < -0.39 is 17.4 Å². The molecule has 1 aromatic heterocycles. The van der Waals surface area contributed by atoms with Gasteiger partial charge in [-0.15, -0.1) is 0 Å². The normalized spacial score (nSPS) is 26.5. The van der Waals surface area contributed by atoms with Gasteiger partial charge in [0.1, 0.15) is 0 Å². The van der Waals surface area contributed by atoms with Gasteiger partial charge in [0.2, 0.25) is 11.8 Å². The molecule has 8 nitrogen and oxygen atoms in total. The van der Waals surface area contributed by atoms with E-state index in [1.54, 1.807) is 12.5 Å². The number of piperidine rings is 1. The number of nitrogens with zero attached hydrogens (tertiary/aromatic N) is 3. The van der Waals surface area contributed by atoms with Crippen LogP contribution in [0.4, 0.5) is 0 Å². The van der Waals surface area contributed by atoms with Crippen molar-refractivity contribution in [1.29, 1.82) is 0 Å². The lowest BCUT2D eigenvalue weighted by Crippen LogP contribution is -2.57. The summed E-state index contributed by atoms with van der Waals surface area (Å²) >= 11 is 0. The van der Waals surface area contributed by atoms with Crippen LogP contribution in [0.5, 0.6) is 0 Å². The lowest BCUT2D eigenvalue weighted by Gasteiger charge is -2.42. The molecular weight excluding hydrogens is 324 g/mol. The molecule has 0 aromatic carbocycles. The van der Waals surface area contributed by atoms with Crippen molar-refractivity contribution in [3.05, 3.63) is 18.7 Å². The molecule has 1 saturated carbocycles. The second kappa shape index (κ2) is 5.57. The smallest absolute Gasteiger partial charge is 0.309 e. The monoisotopic (exact) mass is 346 g/mol. The first-order valence-corrected chi connectivity index (χ1v) is 8.73. The topological polar surface area (TPSA) is 105 Å². The molecule has 1 spiro atoms. The summed E-state index contributed by atoms with van der Waals surface area (Å²) in [4.78, 5) is 42.1. The molecule has 3 heterocycles. The zero-order chi connectivity index (χ0) is 17.7. The van der Waals surface area contributed by atoms with Crippen LogP contribution in [-0.4, -0.2) is 56.0 Å². The number of imidazole rings is 1. The number of hydrogen-bond donors (Lipinski definition) is 2. The van der Waals surface area contributed by atoms with Crippen molar-refractivity contribution < 1.29 is 19.5 Å². The van der Waals surface area contributed by atoms with E-state index in [9.17, 15) is 19.5 Å². The molecule has 2 aliphatic heterocycles. The van der Waals surface area contributed by atoms with Crippen LogP contribution in [0.25, 0.3) is 0 Å². The molecular formula is C17H22N4O4. The Morgan fingerprint density at radius 3 is 2.56 bits per heavy atom. The van der Waals surface area contributed by atoms with Gasteiger partial charge in [-0.2, -0.15) is 0 Å². The Bertz CT molecular complexity index is 702. The molecule has 3 aliphatic rings. The number of likely N-dealkylation sites (tertiary alicyclic amines) is 1. The van der Waals surface area contributed by atoms with E-state index in [2.05, 4.69) is 10.3 Å². The van der Waals surface area contributed by atoms with Crippen LogP contribution in [-0.2, 0) is 20.9 Å². The van der Waals surface area contributed by atoms with Crippen molar-refractivity contribution in [2.24, 2.45) is 11.3 Å². The van der Waals surface area contributed by atoms with Gasteiger partial charge >= 0.3 is 5.97 Å². The Kier molecular flexibility index (Phi) is 3.59. The fourth-order valence-corrected chi connectivity index (χ4v) is 4.36. The minimum Gasteiger partial charge on any atom is -0.481 e. The number of carboxylic acids is 1. The Labute approximate surface area is 145 Å². The summed E-state index contributed by atoms with van der Waals surface area (Å²) in [5.41, 5.74) is -1.03. The van der Waals surface area contributed by atoms with Crippen molar-refractivity contribution in [3.8, 4) is 0 Å². The SMILES string of the molecule is O=C1CC(C(=O)O)C2(CCN(C(=O)C3(Cn4ccnc4)CC3)CC2)N1. The molecule has 1 aliphatic carbocycles. The lowest BCUT2D eigenvalue weighted by molar-refractivity contribution is -0.145. The van der Waals surface area contributed by atoms with E-state index >= 15 is 0 Å². The highest BCUT2D eigenvalue weighted by molar-refractivity contribution is 5.89. The number of aliphatic carboxylic acids is 1. The van der Waals surface area contributed by atoms with Crippen LogP contribution in [0.2, 0.25) is 0 Å². The van der Waals surface area contributed by atoms with Gasteiger partial charge in [-0.1, -0.05) is 0 Å². The maximum atomic E-state index is 13.0. The first-order chi connectivity index (χ1) is 11.9. The van der Waals surface area contributed by atoms with Crippen LogP contribution in [0, 0.1) is 11.3 Å². The minimum absolute atomic E-state index is 0.0356. The van der Waals surface area contributed by atoms with Crippen LogP contribution < -0.4 is 5.32 Å². The highest BCUT2D eigenvalue weighted by Gasteiger charge is 2.55. The predicted octanol–water partition coefficient (Wildman–Crippen LogP) is 0.245. The zero-order valence-corrected chi connectivity index (χ0v) is 14.0. The van der Waals surface area contributed by atoms with Gasteiger partial charge < -0.3 is 19.9 Å². The van der Waals surface area contributed by atoms with E-state index in [1.807, 2.05) is 15.7 Å². The van der Waals surface area contributed by atoms with Gasteiger partial charge in [0.25, 0.3) is 0 Å². The second-order valence-electron chi connectivity index (χ2n) is 7.61. The van der Waals surface area contributed by atoms with E-state index in [-0.39, 0.29) is 23.7 Å². The maximum absolute atomic E-state index is 13.0. The fraction of sp³-hybridized carbons (Fsp3) is 0.647. The quantitative estimate of drug-likeness (QED) is 0.813. The molecule has 8 heteroatoms. The van der Waals surface area contributed by atoms with Crippen LogP contribution in [0.1, 0.15) is 32.1 Å². The highest BCUT2D eigenvalue weighted by Crippen LogP contribution is 2.49. The van der Waals surface area contributed by atoms with Crippen LogP contribution in [0.3, 0.4) is 0 Å². The summed E-state index contributed by atoms with van der Waals surface area (Å²) in [6.07, 6.45) is 8.09. The summed E-state index contributed by atoms with van der Waals surface area (Å²) < 4.78 is 1.94. The molecule has 2 amide bonds. The average Bonchev–Trinajstić information content (AvgIpc) is 3.03. The Balaban J connectivity index is 1.43. The number of hydrogen-bond acceptors (Lipinski definition) is 4. The summed E-state index contributed by atoms with van der Waals surface area (Å²) in [6.45, 7) is 1.63. The number of amides is 2. The Morgan fingerprint density at radius 1 is 1.28 bits per heavy atom. The van der Waals surface area contributed by atoms with Crippen molar-refractivity contribution in [2.45, 2.75) is 44.2 Å². The van der Waals surface area contributed by atoms with E-state index in [1.165, 1.54) is 0 Å². The third-order valence-electron chi connectivity index (χ3n) is 6.04. The van der Waals surface area contributed by atoms with Gasteiger partial charge in [0.05, 0.1) is 23.2 Å². The van der Waals surface area contributed by atoms with Gasteiger partial charge in [0, 0.05) is 38.4 Å². The molecule has 25 heavy (non-hydrogen) atoms. The Hall–Kier alpha value is -2.38. The maximum Gasteiger partial charge on any atom is 0.309 e. The molecule has 1 aromatic rings. The molecule has 134 valence electrons. The molecule has 2 saturated heterocycles. The molecule has 4 rings (SSSR count). The number of carbonyl (C=O) groups is 3. The largest absolute Gasteiger partial charge is 0.481 e. The Morgan fingerprint density at radius 2 is 2.00 bits per heavy atom. The number of carboxylic acid groups (broad SMARTS) is 1. The fourth-order valence-electron chi connectivity index (χ4n) is 4.36. The number of nitrogens with one attached hydrogen (secondary N) is 1. The van der Waals surface area contributed by atoms with Crippen LogP contribution in [0.15, 0.2) is 18.7 Å². The summed E-state index contributed by atoms with van der Waals surface area (Å²) in [7, 11) is 0. The van der Waals surface area contributed by atoms with Crippen molar-refractivity contribution >= 4 is 17.8 Å². The standard InChI is InChI=1S/C17H22N4O4/c22-13-9-12(14(23)24)17(19-13)3-6-21(7-4-17)15(25)16(1-2-16)10-20-8-5-18-11-20/h5,8,11-12H,1-4,6-7,9-10H2,(H,19,22)(H,23,24). The van der Waals surface area contributed by atoms with Gasteiger partial charge in [-0.25, -0.2) is 4.98 Å². The van der Waals surface area contributed by atoms with Crippen LogP contribution >= 0.6 is 0 Å². The number of rotatable bonds is 4. The average molecular weight is 346 g/mol. The lowest BCUT2D eigenvalue weighted by atomic mass is 9.77. The second-order valence-corrected chi connectivity index (χ2v) is 7.61. The van der Waals surface area contributed by atoms with Crippen molar-refractivity contribution in [2.75, 3.05) is 13.1 Å². The first kappa shape index (κ1) is 16.1. The van der Waals surface area contributed by atoms with Crippen molar-refractivity contribution in [3.63, 3.8) is 0 Å². The van der Waals surface area contributed by atoms with Gasteiger partial charge in [-0.05, 0) is 25.7 Å². The van der Waals surface area contributed by atoms with E-state index in [0.29, 0.717) is 32.5 Å². The predicted molar refractivity (Wildman–Crippen MR) is 86.3 cm³/mol. The minimum atomic E-state index is -0.933. The summed E-state index contributed by atoms with van der Waals surface area (Å²) in [6, 6.07) is 0. The summed E-state index contributed by atoms with van der Waals surface area (Å²) in [5, 5.41) is 12.3. The zero-order valence-electron chi connectivity index (χ0n) is 14.0. The number of aromatic nitrogens is 2. The molecule has 0 radical (unpaired) electrons. The third-order valence-corrected chi connectivity index (χ3v) is 6.04. The first-order valence-electron chi connectivity index (χ1n) is 8.73. The molecule has 0 bridgehead atoms. The van der Waals surface area contributed by atoms with Gasteiger partial charge in [-0.3, -0.25) is 14.4 Å². The van der Waals surface area contributed by atoms with E-state index in [4.69, 9.17) is 0 Å². The summed E-state index contributed by atoms with van der Waals surface area (Å²) in [5.74, 6) is -1.69.